The highest BCUT2D eigenvalue weighted by molar-refractivity contribution is 7.19. The minimum absolute atomic E-state index is 0.0659. The normalized spacial score (nSPS) is 17.9. The topological polar surface area (TPSA) is 158 Å². The van der Waals surface area contributed by atoms with Crippen molar-refractivity contribution in [2.45, 2.75) is 90.8 Å². The van der Waals surface area contributed by atoms with Crippen LogP contribution in [0.3, 0.4) is 0 Å². The third-order valence-corrected chi connectivity index (χ3v) is 15.4. The number of rotatable bonds is 11. The number of amides is 2. The molecule has 3 aromatic carbocycles. The number of likely N-dealkylation sites (tertiary alicyclic amines) is 1. The first-order chi connectivity index (χ1) is 30.8. The van der Waals surface area contributed by atoms with Crippen molar-refractivity contribution in [2.24, 2.45) is 5.92 Å². The third kappa shape index (κ3) is 8.41. The molecule has 64 heavy (non-hydrogen) atoms. The van der Waals surface area contributed by atoms with Crippen molar-refractivity contribution in [1.29, 1.82) is 0 Å². The molecule has 2 aliphatic rings. The fourth-order valence-electron chi connectivity index (χ4n) is 9.49. The Morgan fingerprint density at radius 1 is 0.906 bits per heavy atom. The number of hydrogen-bond donors (Lipinski definition) is 3. The fraction of sp³-hybridized carbons (Fsp3) is 0.360. The Morgan fingerprint density at radius 2 is 1.66 bits per heavy atom. The molecule has 6 heterocycles. The summed E-state index contributed by atoms with van der Waals surface area (Å²) in [6.45, 7) is 14.0. The van der Waals surface area contributed by atoms with E-state index in [9.17, 15) is 19.8 Å². The molecule has 330 valence electrons. The molecular formula is C50H53N7O5S2. The average molecular weight is 896 g/mol. The van der Waals surface area contributed by atoms with E-state index in [1.54, 1.807) is 34.8 Å². The lowest BCUT2D eigenvalue weighted by molar-refractivity contribution is -0.141. The number of thiazole rings is 1. The number of carbonyl (C=O) groups is 2. The van der Waals surface area contributed by atoms with E-state index in [1.165, 1.54) is 21.0 Å². The lowest BCUT2D eigenvalue weighted by Gasteiger charge is -2.34. The van der Waals surface area contributed by atoms with E-state index in [0.717, 1.165) is 69.0 Å². The zero-order chi connectivity index (χ0) is 44.8. The van der Waals surface area contributed by atoms with Gasteiger partial charge >= 0.3 is 0 Å². The number of nitrogens with zero attached hydrogens (tertiary/aromatic N) is 6. The molecule has 0 saturated carbocycles. The number of carbonyl (C=O) groups excluding carboxylic acids is 2. The first kappa shape index (κ1) is 43.3. The molecule has 3 N–H and O–H groups in total. The predicted molar refractivity (Wildman–Crippen MR) is 253 cm³/mol. The van der Waals surface area contributed by atoms with E-state index in [1.807, 2.05) is 75.7 Å². The van der Waals surface area contributed by atoms with Gasteiger partial charge in [0.25, 0.3) is 0 Å². The summed E-state index contributed by atoms with van der Waals surface area (Å²) in [5.41, 5.74) is 11.3. The van der Waals surface area contributed by atoms with Gasteiger partial charge in [0.05, 0.1) is 33.9 Å². The highest BCUT2D eigenvalue weighted by Gasteiger charge is 2.43. The monoisotopic (exact) mass is 895 g/mol. The van der Waals surface area contributed by atoms with E-state index in [2.05, 4.69) is 68.7 Å². The SMILES string of the molecule is Cc1cc(-c2cc([C@H](C(=O)N3C[C@H](O)C[C@H]3C(=O)N[C@@H](C)c3ccc(-c4scnc4C)cc3)C(C)C)on2)ccc1N1CCC(c2sc3nnc(-c4ccccc4O)cc3c2C)CC1. The van der Waals surface area contributed by atoms with Crippen LogP contribution in [0, 0.1) is 26.7 Å². The Balaban J connectivity index is 0.847. The summed E-state index contributed by atoms with van der Waals surface area (Å²) in [6, 6.07) is 24.4. The van der Waals surface area contributed by atoms with Crippen molar-refractivity contribution >= 4 is 50.4 Å². The molecule has 7 aromatic rings. The number of phenolic OH excluding ortho intramolecular Hbond substituents is 1. The maximum atomic E-state index is 14.4. The molecule has 0 bridgehead atoms. The summed E-state index contributed by atoms with van der Waals surface area (Å²) in [5, 5.41) is 38.8. The maximum Gasteiger partial charge on any atom is 0.243 e. The number of fused-ring (bicyclic) bond motifs is 1. The Labute approximate surface area is 381 Å². The van der Waals surface area contributed by atoms with Crippen LogP contribution in [0.2, 0.25) is 0 Å². The zero-order valence-corrected chi connectivity index (χ0v) is 38.5. The molecule has 2 saturated heterocycles. The molecule has 0 aliphatic carbocycles. The van der Waals surface area contributed by atoms with Crippen LogP contribution in [0.5, 0.6) is 5.75 Å². The molecule has 12 nitrogen and oxygen atoms in total. The van der Waals surface area contributed by atoms with Crippen LogP contribution in [0.15, 0.2) is 88.9 Å². The summed E-state index contributed by atoms with van der Waals surface area (Å²) >= 11 is 3.33. The van der Waals surface area contributed by atoms with Gasteiger partial charge in [-0.3, -0.25) is 9.59 Å². The van der Waals surface area contributed by atoms with E-state index < -0.39 is 18.1 Å². The molecular weight excluding hydrogens is 843 g/mol. The smallest absolute Gasteiger partial charge is 0.243 e. The number of benzene rings is 3. The van der Waals surface area contributed by atoms with E-state index in [4.69, 9.17) is 4.52 Å². The number of aliphatic hydroxyl groups is 1. The number of para-hydroxylation sites is 1. The van der Waals surface area contributed by atoms with Crippen LogP contribution in [-0.2, 0) is 9.59 Å². The number of aromatic nitrogens is 4. The Bertz CT molecular complexity index is 2820. The minimum Gasteiger partial charge on any atom is -0.507 e. The second-order valence-corrected chi connectivity index (χ2v) is 19.6. The van der Waals surface area contributed by atoms with Gasteiger partial charge in [-0.15, -0.1) is 32.9 Å². The number of nitrogens with one attached hydrogen (secondary N) is 1. The van der Waals surface area contributed by atoms with Crippen LogP contribution in [-0.4, -0.2) is 79.0 Å². The third-order valence-electron chi connectivity index (χ3n) is 13.0. The van der Waals surface area contributed by atoms with Crippen molar-refractivity contribution < 1.29 is 24.3 Å². The summed E-state index contributed by atoms with van der Waals surface area (Å²) < 4.78 is 5.93. The number of β-amino-alcohol motifs (C(OH)–C–C–N with tert-alkyl or cyclic N) is 1. The molecule has 0 radical (unpaired) electrons. The molecule has 4 atom stereocenters. The van der Waals surface area contributed by atoms with Crippen molar-refractivity contribution in [3.8, 4) is 38.7 Å². The first-order valence-corrected chi connectivity index (χ1v) is 23.7. The number of anilines is 1. The maximum absolute atomic E-state index is 14.4. The van der Waals surface area contributed by atoms with Gasteiger partial charge in [0, 0.05) is 59.2 Å². The van der Waals surface area contributed by atoms with E-state index in [-0.39, 0.29) is 42.5 Å². The number of aryl methyl sites for hydroxylation is 3. The lowest BCUT2D eigenvalue weighted by Crippen LogP contribution is -2.48. The van der Waals surface area contributed by atoms with Crippen LogP contribution in [0.4, 0.5) is 5.69 Å². The molecule has 2 amide bonds. The van der Waals surface area contributed by atoms with Gasteiger partial charge in [0.15, 0.2) is 0 Å². The molecule has 2 aliphatic heterocycles. The predicted octanol–water partition coefficient (Wildman–Crippen LogP) is 9.73. The Kier molecular flexibility index (Phi) is 12.1. The number of phenols is 1. The quantitative estimate of drug-likeness (QED) is 0.114. The summed E-state index contributed by atoms with van der Waals surface area (Å²) in [4.78, 5) is 39.9. The molecule has 0 unspecified atom stereocenters. The van der Waals surface area contributed by atoms with Crippen molar-refractivity contribution in [3.05, 3.63) is 117 Å². The summed E-state index contributed by atoms with van der Waals surface area (Å²) in [6.07, 6.45) is 1.38. The molecule has 4 aromatic heterocycles. The molecule has 0 spiro atoms. The average Bonchev–Trinajstić information content (AvgIpc) is 4.11. The Hall–Kier alpha value is -5.96. The van der Waals surface area contributed by atoms with Crippen LogP contribution in [0.1, 0.15) is 90.9 Å². The van der Waals surface area contributed by atoms with Crippen LogP contribution >= 0.6 is 22.7 Å². The van der Waals surface area contributed by atoms with Crippen LogP contribution < -0.4 is 10.2 Å². The molecule has 2 fully saturated rings. The first-order valence-electron chi connectivity index (χ1n) is 22.0. The van der Waals surface area contributed by atoms with E-state index in [0.29, 0.717) is 28.6 Å². The standard InChI is InChI=1S/C50H53N7O5S2/c1-27(2)45(50(61)57-25-36(58)22-42(57)48(60)52-30(5)32-11-13-33(14-12-32)47-31(6)51-26-63-47)44-24-39(55-62-44)35-15-16-41(28(3)21-35)56-19-17-34(18-20-56)46-29(4)38-23-40(53-54-49(38)64-46)37-9-7-8-10-43(37)59/h7-16,21,23-24,26-27,30,34,36,42,45,58-59H,17-20,22,25H2,1-6H3,(H,52,60)/t30-,36+,42-,45+/m0/s1. The number of aromatic hydroxyl groups is 1. The van der Waals surface area contributed by atoms with Crippen molar-refractivity contribution in [2.75, 3.05) is 24.5 Å². The lowest BCUT2D eigenvalue weighted by atomic mass is 9.90. The van der Waals surface area contributed by atoms with Crippen molar-refractivity contribution in [3.63, 3.8) is 0 Å². The van der Waals surface area contributed by atoms with Crippen molar-refractivity contribution in [1.82, 2.24) is 30.6 Å². The van der Waals surface area contributed by atoms with Gasteiger partial charge < -0.3 is 29.9 Å². The van der Waals surface area contributed by atoms with Gasteiger partial charge in [0.1, 0.15) is 34.0 Å². The number of hydrogen-bond acceptors (Lipinski definition) is 12. The Morgan fingerprint density at radius 3 is 2.36 bits per heavy atom. The highest BCUT2D eigenvalue weighted by Crippen LogP contribution is 2.42. The van der Waals surface area contributed by atoms with Gasteiger partial charge in [-0.25, -0.2) is 4.98 Å². The summed E-state index contributed by atoms with van der Waals surface area (Å²) in [7, 11) is 0. The molecule has 14 heteroatoms. The van der Waals surface area contributed by atoms with Gasteiger partial charge in [-0.1, -0.05) is 61.5 Å². The van der Waals surface area contributed by atoms with Gasteiger partial charge in [-0.05, 0) is 105 Å². The van der Waals surface area contributed by atoms with Crippen LogP contribution in [0.25, 0.3) is 43.2 Å². The number of piperidine rings is 1. The second-order valence-electron chi connectivity index (χ2n) is 17.7. The summed E-state index contributed by atoms with van der Waals surface area (Å²) in [5.74, 6) is -0.370. The fourth-order valence-corrected chi connectivity index (χ4v) is 11.6. The highest BCUT2D eigenvalue weighted by atomic mass is 32.1. The van der Waals surface area contributed by atoms with Gasteiger partial charge in [-0.2, -0.15) is 0 Å². The second kappa shape index (κ2) is 17.9. The number of thiophene rings is 1. The largest absolute Gasteiger partial charge is 0.507 e. The van der Waals surface area contributed by atoms with E-state index >= 15 is 0 Å². The molecule has 9 rings (SSSR count). The zero-order valence-electron chi connectivity index (χ0n) is 36.9. The van der Waals surface area contributed by atoms with Gasteiger partial charge in [0.2, 0.25) is 11.8 Å². The minimum atomic E-state index is -0.819. The number of aliphatic hydroxyl groups excluding tert-OH is 1.